The van der Waals surface area contributed by atoms with Crippen LogP contribution >= 0.6 is 0 Å². The minimum atomic E-state index is -0.397. The molecule has 2 heteroatoms. The van der Waals surface area contributed by atoms with Gasteiger partial charge in [-0.1, -0.05) is 42.5 Å². The summed E-state index contributed by atoms with van der Waals surface area (Å²) in [6.45, 7) is 4.11. The van der Waals surface area contributed by atoms with Gasteiger partial charge >= 0.3 is 0 Å². The first-order valence-corrected chi connectivity index (χ1v) is 7.15. The third-order valence-electron chi connectivity index (χ3n) is 4.28. The number of benzene rings is 2. The van der Waals surface area contributed by atoms with E-state index in [2.05, 4.69) is 30.0 Å². The SMILES string of the molecule is CC1CCCN1CC(O)c1cccc2ccccc12. The number of nitrogens with zero attached hydrogens (tertiary/aromatic N) is 1. The van der Waals surface area contributed by atoms with E-state index >= 15 is 0 Å². The van der Waals surface area contributed by atoms with Crippen molar-refractivity contribution in [2.24, 2.45) is 0 Å². The van der Waals surface area contributed by atoms with Crippen LogP contribution in [-0.4, -0.2) is 29.1 Å². The average molecular weight is 255 g/mol. The molecule has 0 amide bonds. The van der Waals surface area contributed by atoms with Gasteiger partial charge in [-0.3, -0.25) is 4.90 Å². The molecular weight excluding hydrogens is 234 g/mol. The Morgan fingerprint density at radius 2 is 2.00 bits per heavy atom. The average Bonchev–Trinajstić information content (AvgIpc) is 2.83. The predicted octanol–water partition coefficient (Wildman–Crippen LogP) is 3.36. The van der Waals surface area contributed by atoms with E-state index in [1.165, 1.54) is 23.6 Å². The highest BCUT2D eigenvalue weighted by Gasteiger charge is 2.23. The van der Waals surface area contributed by atoms with Crippen LogP contribution in [0.3, 0.4) is 0 Å². The van der Waals surface area contributed by atoms with Crippen molar-refractivity contribution in [3.05, 3.63) is 48.0 Å². The maximum absolute atomic E-state index is 10.6. The smallest absolute Gasteiger partial charge is 0.0923 e. The Labute approximate surface area is 114 Å². The molecular formula is C17H21NO. The Bertz CT molecular complexity index is 561. The van der Waals surface area contributed by atoms with Crippen LogP contribution in [0.15, 0.2) is 42.5 Å². The molecule has 2 unspecified atom stereocenters. The van der Waals surface area contributed by atoms with Gasteiger partial charge in [0.15, 0.2) is 0 Å². The van der Waals surface area contributed by atoms with Crippen molar-refractivity contribution in [3.8, 4) is 0 Å². The van der Waals surface area contributed by atoms with Crippen molar-refractivity contribution in [1.82, 2.24) is 4.90 Å². The Kier molecular flexibility index (Phi) is 3.54. The van der Waals surface area contributed by atoms with Gasteiger partial charge in [0, 0.05) is 12.6 Å². The first kappa shape index (κ1) is 12.6. The summed E-state index contributed by atoms with van der Waals surface area (Å²) in [5, 5.41) is 12.9. The lowest BCUT2D eigenvalue weighted by molar-refractivity contribution is 0.111. The number of aliphatic hydroxyl groups excluding tert-OH is 1. The maximum atomic E-state index is 10.6. The molecule has 0 spiro atoms. The normalized spacial score (nSPS) is 21.9. The van der Waals surface area contributed by atoms with Crippen molar-refractivity contribution in [2.45, 2.75) is 31.9 Å². The summed E-state index contributed by atoms with van der Waals surface area (Å²) < 4.78 is 0. The zero-order valence-corrected chi connectivity index (χ0v) is 11.4. The van der Waals surface area contributed by atoms with Crippen molar-refractivity contribution < 1.29 is 5.11 Å². The summed E-state index contributed by atoms with van der Waals surface area (Å²) in [5.74, 6) is 0. The molecule has 0 aromatic heterocycles. The fraction of sp³-hybridized carbons (Fsp3) is 0.412. The van der Waals surface area contributed by atoms with Crippen LogP contribution in [-0.2, 0) is 0 Å². The molecule has 0 bridgehead atoms. The van der Waals surface area contributed by atoms with E-state index in [1.807, 2.05) is 24.3 Å². The molecule has 3 rings (SSSR count). The first-order valence-electron chi connectivity index (χ1n) is 7.15. The zero-order valence-electron chi connectivity index (χ0n) is 11.4. The Hall–Kier alpha value is -1.38. The molecule has 2 aromatic carbocycles. The Morgan fingerprint density at radius 1 is 1.21 bits per heavy atom. The molecule has 2 nitrogen and oxygen atoms in total. The van der Waals surface area contributed by atoms with Gasteiger partial charge in [0.2, 0.25) is 0 Å². The molecule has 1 saturated heterocycles. The van der Waals surface area contributed by atoms with E-state index in [9.17, 15) is 5.11 Å². The fourth-order valence-corrected chi connectivity index (χ4v) is 3.13. The molecule has 2 atom stereocenters. The van der Waals surface area contributed by atoms with E-state index in [1.54, 1.807) is 0 Å². The second-order valence-corrected chi connectivity index (χ2v) is 5.57. The highest BCUT2D eigenvalue weighted by molar-refractivity contribution is 5.85. The van der Waals surface area contributed by atoms with Gasteiger partial charge < -0.3 is 5.11 Å². The summed E-state index contributed by atoms with van der Waals surface area (Å²) in [6.07, 6.45) is 2.11. The zero-order chi connectivity index (χ0) is 13.2. The van der Waals surface area contributed by atoms with Crippen LogP contribution in [0.2, 0.25) is 0 Å². The number of hydrogen-bond acceptors (Lipinski definition) is 2. The molecule has 19 heavy (non-hydrogen) atoms. The van der Waals surface area contributed by atoms with Crippen LogP contribution in [0.4, 0.5) is 0 Å². The molecule has 2 aromatic rings. The largest absolute Gasteiger partial charge is 0.387 e. The molecule has 100 valence electrons. The number of rotatable bonds is 3. The Morgan fingerprint density at radius 3 is 2.79 bits per heavy atom. The lowest BCUT2D eigenvalue weighted by atomic mass is 10.00. The van der Waals surface area contributed by atoms with Crippen molar-refractivity contribution >= 4 is 10.8 Å². The topological polar surface area (TPSA) is 23.5 Å². The maximum Gasteiger partial charge on any atom is 0.0923 e. The molecule has 1 aliphatic heterocycles. The number of likely N-dealkylation sites (tertiary alicyclic amines) is 1. The second-order valence-electron chi connectivity index (χ2n) is 5.57. The molecule has 1 heterocycles. The van der Waals surface area contributed by atoms with Gasteiger partial charge in [0.1, 0.15) is 0 Å². The van der Waals surface area contributed by atoms with E-state index < -0.39 is 6.10 Å². The molecule has 0 radical (unpaired) electrons. The molecule has 1 fully saturated rings. The summed E-state index contributed by atoms with van der Waals surface area (Å²) in [7, 11) is 0. The van der Waals surface area contributed by atoms with Crippen LogP contribution in [0.25, 0.3) is 10.8 Å². The summed E-state index contributed by atoms with van der Waals surface area (Å²) in [6, 6.07) is 15.1. The number of aliphatic hydroxyl groups is 1. The third kappa shape index (κ3) is 2.51. The van der Waals surface area contributed by atoms with Gasteiger partial charge in [0.05, 0.1) is 6.10 Å². The standard InChI is InChI=1S/C17H21NO/c1-13-6-5-11-18(13)12-17(19)16-10-4-8-14-7-2-3-9-15(14)16/h2-4,7-10,13,17,19H,5-6,11-12H2,1H3. The lowest BCUT2D eigenvalue weighted by Gasteiger charge is -2.25. The summed E-state index contributed by atoms with van der Waals surface area (Å²) >= 11 is 0. The van der Waals surface area contributed by atoms with E-state index in [0.717, 1.165) is 18.7 Å². The molecule has 0 aliphatic carbocycles. The minimum Gasteiger partial charge on any atom is -0.387 e. The summed E-state index contributed by atoms with van der Waals surface area (Å²) in [4.78, 5) is 2.40. The quantitative estimate of drug-likeness (QED) is 0.909. The van der Waals surface area contributed by atoms with Gasteiger partial charge in [-0.05, 0) is 42.6 Å². The van der Waals surface area contributed by atoms with E-state index in [4.69, 9.17) is 0 Å². The van der Waals surface area contributed by atoms with Gasteiger partial charge in [-0.15, -0.1) is 0 Å². The van der Waals surface area contributed by atoms with Crippen LogP contribution in [0.1, 0.15) is 31.4 Å². The minimum absolute atomic E-state index is 0.397. The monoisotopic (exact) mass is 255 g/mol. The first-order chi connectivity index (χ1) is 9.25. The van der Waals surface area contributed by atoms with Crippen molar-refractivity contribution in [1.29, 1.82) is 0 Å². The van der Waals surface area contributed by atoms with E-state index in [0.29, 0.717) is 6.04 Å². The third-order valence-corrected chi connectivity index (χ3v) is 4.28. The fourth-order valence-electron chi connectivity index (χ4n) is 3.13. The number of hydrogen-bond donors (Lipinski definition) is 1. The second kappa shape index (κ2) is 5.32. The Balaban J connectivity index is 1.87. The van der Waals surface area contributed by atoms with Gasteiger partial charge in [-0.2, -0.15) is 0 Å². The predicted molar refractivity (Wildman–Crippen MR) is 79.2 cm³/mol. The summed E-state index contributed by atoms with van der Waals surface area (Å²) in [5.41, 5.74) is 1.05. The molecule has 1 aliphatic rings. The van der Waals surface area contributed by atoms with Gasteiger partial charge in [0.25, 0.3) is 0 Å². The van der Waals surface area contributed by atoms with Crippen LogP contribution < -0.4 is 0 Å². The lowest BCUT2D eigenvalue weighted by Crippen LogP contribution is -2.31. The molecule has 0 saturated carbocycles. The molecule has 1 N–H and O–H groups in total. The van der Waals surface area contributed by atoms with Gasteiger partial charge in [-0.25, -0.2) is 0 Å². The van der Waals surface area contributed by atoms with Crippen molar-refractivity contribution in [2.75, 3.05) is 13.1 Å². The number of fused-ring (bicyclic) bond motifs is 1. The highest BCUT2D eigenvalue weighted by Crippen LogP contribution is 2.27. The highest BCUT2D eigenvalue weighted by atomic mass is 16.3. The van der Waals surface area contributed by atoms with Crippen molar-refractivity contribution in [3.63, 3.8) is 0 Å². The van der Waals surface area contributed by atoms with Crippen LogP contribution in [0, 0.1) is 0 Å². The van der Waals surface area contributed by atoms with Crippen LogP contribution in [0.5, 0.6) is 0 Å². The van der Waals surface area contributed by atoms with E-state index in [-0.39, 0.29) is 0 Å². The number of β-amino-alcohol motifs (C(OH)–C–C–N with tert-alkyl or cyclic N) is 1.